The minimum absolute atomic E-state index is 0.102. The number of pyridine rings is 1. The Morgan fingerprint density at radius 2 is 1.79 bits per heavy atom. The summed E-state index contributed by atoms with van der Waals surface area (Å²) >= 11 is 7.00. The largest absolute Gasteiger partial charge is 0.455 e. The van der Waals surface area contributed by atoms with Gasteiger partial charge in [0.25, 0.3) is 5.91 Å². The molecule has 1 amide bonds. The second kappa shape index (κ2) is 10.9. The monoisotopic (exact) mass is 497 g/mol. The number of benzene rings is 2. The lowest BCUT2D eigenvalue weighted by molar-refractivity contribution is -0.144. The van der Waals surface area contributed by atoms with E-state index in [1.807, 2.05) is 30.3 Å². The number of carbonyl (C=O) groups excluding carboxylic acids is 2. The Kier molecular flexibility index (Phi) is 7.51. The number of nitrogens with zero attached hydrogens (tertiary/aromatic N) is 4. The molecule has 0 atom stereocenters. The zero-order valence-corrected chi connectivity index (χ0v) is 19.1. The van der Waals surface area contributed by atoms with Crippen molar-refractivity contribution in [2.45, 2.75) is 5.16 Å². The second-order valence-electron chi connectivity index (χ2n) is 6.82. The summed E-state index contributed by atoms with van der Waals surface area (Å²) in [7, 11) is 0. The highest BCUT2D eigenvalue weighted by molar-refractivity contribution is 7.99. The first-order valence-electron chi connectivity index (χ1n) is 9.97. The Hall–Kier alpha value is -3.76. The standard InChI is InChI=1S/C23H17ClFN5O3S/c24-21-18(7-4-12-26-21)27-19(31)13-33-20(32)14-34-23-29-28-22(15-8-10-16(25)11-9-15)30(23)17-5-2-1-3-6-17/h1-12H,13-14H2,(H,27,31). The highest BCUT2D eigenvalue weighted by atomic mass is 35.5. The second-order valence-corrected chi connectivity index (χ2v) is 8.12. The lowest BCUT2D eigenvalue weighted by atomic mass is 10.2. The van der Waals surface area contributed by atoms with Crippen molar-refractivity contribution in [2.24, 2.45) is 0 Å². The fraction of sp³-hybridized carbons (Fsp3) is 0.0870. The quantitative estimate of drug-likeness (QED) is 0.219. The van der Waals surface area contributed by atoms with Crippen molar-refractivity contribution in [3.8, 4) is 17.1 Å². The number of nitrogens with one attached hydrogen (secondary N) is 1. The number of hydrogen-bond acceptors (Lipinski definition) is 7. The molecule has 0 aliphatic rings. The van der Waals surface area contributed by atoms with E-state index < -0.39 is 18.5 Å². The molecule has 11 heteroatoms. The number of hydrogen-bond donors (Lipinski definition) is 1. The molecular weight excluding hydrogens is 481 g/mol. The van der Waals surface area contributed by atoms with E-state index in [0.717, 1.165) is 17.4 Å². The number of amides is 1. The van der Waals surface area contributed by atoms with Gasteiger partial charge in [0.2, 0.25) is 0 Å². The Morgan fingerprint density at radius 1 is 1.03 bits per heavy atom. The number of aromatic nitrogens is 4. The predicted octanol–water partition coefficient (Wildman–Crippen LogP) is 4.40. The first kappa shape index (κ1) is 23.4. The normalized spacial score (nSPS) is 10.6. The van der Waals surface area contributed by atoms with Gasteiger partial charge in [-0.05, 0) is 48.5 Å². The lowest BCUT2D eigenvalue weighted by Gasteiger charge is -2.10. The van der Waals surface area contributed by atoms with Gasteiger partial charge in [-0.2, -0.15) is 0 Å². The van der Waals surface area contributed by atoms with Crippen LogP contribution in [0.25, 0.3) is 17.1 Å². The van der Waals surface area contributed by atoms with Gasteiger partial charge in [-0.1, -0.05) is 41.6 Å². The van der Waals surface area contributed by atoms with Crippen LogP contribution in [-0.2, 0) is 14.3 Å². The fourth-order valence-electron chi connectivity index (χ4n) is 2.94. The van der Waals surface area contributed by atoms with Crippen molar-refractivity contribution < 1.29 is 18.7 Å². The topological polar surface area (TPSA) is 99.0 Å². The summed E-state index contributed by atoms with van der Waals surface area (Å²) in [5, 5.41) is 11.5. The molecule has 4 aromatic rings. The third-order valence-electron chi connectivity index (χ3n) is 4.47. The molecule has 8 nitrogen and oxygen atoms in total. The number of para-hydroxylation sites is 1. The molecule has 0 aliphatic heterocycles. The first-order chi connectivity index (χ1) is 16.5. The summed E-state index contributed by atoms with van der Waals surface area (Å²) in [5.41, 5.74) is 1.76. The molecule has 172 valence electrons. The van der Waals surface area contributed by atoms with Crippen LogP contribution in [0.3, 0.4) is 0 Å². The number of halogens is 2. The van der Waals surface area contributed by atoms with Gasteiger partial charge in [-0.3, -0.25) is 14.2 Å². The van der Waals surface area contributed by atoms with Gasteiger partial charge >= 0.3 is 5.97 Å². The van der Waals surface area contributed by atoms with Crippen LogP contribution in [0.1, 0.15) is 0 Å². The van der Waals surface area contributed by atoms with Crippen LogP contribution >= 0.6 is 23.4 Å². The number of anilines is 1. The number of rotatable bonds is 8. The third-order valence-corrected chi connectivity index (χ3v) is 5.67. The van der Waals surface area contributed by atoms with E-state index >= 15 is 0 Å². The van der Waals surface area contributed by atoms with Gasteiger partial charge in [0.05, 0.1) is 11.4 Å². The van der Waals surface area contributed by atoms with E-state index in [4.69, 9.17) is 16.3 Å². The Morgan fingerprint density at radius 3 is 2.53 bits per heavy atom. The van der Waals surface area contributed by atoms with Crippen molar-refractivity contribution in [1.82, 2.24) is 19.7 Å². The van der Waals surface area contributed by atoms with Crippen LogP contribution < -0.4 is 5.32 Å². The van der Waals surface area contributed by atoms with E-state index in [0.29, 0.717) is 22.2 Å². The molecule has 0 radical (unpaired) electrons. The van der Waals surface area contributed by atoms with Crippen LogP contribution in [0.2, 0.25) is 5.15 Å². The van der Waals surface area contributed by atoms with Gasteiger partial charge in [0, 0.05) is 17.4 Å². The molecule has 2 aromatic heterocycles. The molecule has 0 saturated heterocycles. The Balaban J connectivity index is 1.42. The molecule has 34 heavy (non-hydrogen) atoms. The Bertz CT molecular complexity index is 1300. The highest BCUT2D eigenvalue weighted by Gasteiger charge is 2.18. The minimum atomic E-state index is -0.608. The molecule has 0 saturated carbocycles. The van der Waals surface area contributed by atoms with E-state index in [1.165, 1.54) is 18.3 Å². The van der Waals surface area contributed by atoms with Crippen molar-refractivity contribution in [3.63, 3.8) is 0 Å². The maximum atomic E-state index is 13.4. The zero-order valence-electron chi connectivity index (χ0n) is 17.5. The minimum Gasteiger partial charge on any atom is -0.455 e. The highest BCUT2D eigenvalue weighted by Crippen LogP contribution is 2.28. The summed E-state index contributed by atoms with van der Waals surface area (Å²) < 4.78 is 20.2. The predicted molar refractivity (Wildman–Crippen MR) is 126 cm³/mol. The average molecular weight is 498 g/mol. The molecule has 0 fully saturated rings. The third kappa shape index (κ3) is 5.77. The van der Waals surface area contributed by atoms with Crippen molar-refractivity contribution >= 4 is 40.9 Å². The molecule has 0 unspecified atom stereocenters. The summed E-state index contributed by atoms with van der Waals surface area (Å²) in [6.45, 7) is -0.475. The number of thioether (sulfide) groups is 1. The van der Waals surface area contributed by atoms with Gasteiger partial charge in [-0.25, -0.2) is 9.37 Å². The molecular formula is C23H17ClFN5O3S. The van der Waals surface area contributed by atoms with Crippen LogP contribution in [0.4, 0.5) is 10.1 Å². The van der Waals surface area contributed by atoms with Crippen LogP contribution in [0.15, 0.2) is 78.1 Å². The van der Waals surface area contributed by atoms with Crippen LogP contribution in [0.5, 0.6) is 0 Å². The summed E-state index contributed by atoms with van der Waals surface area (Å²) in [5.74, 6) is -1.12. The van der Waals surface area contributed by atoms with E-state index in [9.17, 15) is 14.0 Å². The summed E-state index contributed by atoms with van der Waals surface area (Å²) in [6, 6.07) is 18.4. The molecule has 2 aromatic carbocycles. The van der Waals surface area contributed by atoms with Gasteiger partial charge in [0.1, 0.15) is 5.82 Å². The van der Waals surface area contributed by atoms with Gasteiger partial charge in [0.15, 0.2) is 22.7 Å². The number of ether oxygens (including phenoxy) is 1. The molecule has 4 rings (SSSR count). The first-order valence-corrected chi connectivity index (χ1v) is 11.3. The van der Waals surface area contributed by atoms with E-state index in [-0.39, 0.29) is 16.7 Å². The number of carbonyl (C=O) groups is 2. The zero-order chi connectivity index (χ0) is 23.9. The SMILES string of the molecule is O=C(COC(=O)CSc1nnc(-c2ccc(F)cc2)n1-c1ccccc1)Nc1cccnc1Cl. The molecule has 0 bridgehead atoms. The molecule has 0 aliphatic carbocycles. The fourth-order valence-corrected chi connectivity index (χ4v) is 3.85. The molecule has 0 spiro atoms. The summed E-state index contributed by atoms with van der Waals surface area (Å²) in [6.07, 6.45) is 1.49. The molecule has 1 N–H and O–H groups in total. The van der Waals surface area contributed by atoms with E-state index in [2.05, 4.69) is 20.5 Å². The molecule has 2 heterocycles. The maximum absolute atomic E-state index is 13.4. The Labute approximate surface area is 203 Å². The van der Waals surface area contributed by atoms with Gasteiger partial charge in [-0.15, -0.1) is 10.2 Å². The smallest absolute Gasteiger partial charge is 0.316 e. The lowest BCUT2D eigenvalue weighted by Crippen LogP contribution is -2.22. The van der Waals surface area contributed by atoms with Crippen LogP contribution in [0, 0.1) is 5.82 Å². The van der Waals surface area contributed by atoms with Crippen molar-refractivity contribution in [3.05, 3.63) is 83.9 Å². The van der Waals surface area contributed by atoms with Crippen molar-refractivity contribution in [2.75, 3.05) is 17.7 Å². The van der Waals surface area contributed by atoms with Crippen LogP contribution in [-0.4, -0.2) is 44.0 Å². The summed E-state index contributed by atoms with van der Waals surface area (Å²) in [4.78, 5) is 28.1. The van der Waals surface area contributed by atoms with Gasteiger partial charge < -0.3 is 10.1 Å². The maximum Gasteiger partial charge on any atom is 0.316 e. The average Bonchev–Trinajstić information content (AvgIpc) is 3.28. The van der Waals surface area contributed by atoms with Crippen molar-refractivity contribution in [1.29, 1.82) is 0 Å². The van der Waals surface area contributed by atoms with E-state index in [1.54, 1.807) is 28.8 Å². The number of esters is 1.